The summed E-state index contributed by atoms with van der Waals surface area (Å²) in [6.07, 6.45) is 0. The van der Waals surface area contributed by atoms with Crippen LogP contribution in [0.4, 0.5) is 0 Å². The molecule has 0 radical (unpaired) electrons. The Hall–Kier alpha value is -1.44. The van der Waals surface area contributed by atoms with Crippen molar-refractivity contribution < 1.29 is 13.2 Å². The summed E-state index contributed by atoms with van der Waals surface area (Å²) in [6, 6.07) is 6.27. The van der Waals surface area contributed by atoms with E-state index in [1.807, 2.05) is 0 Å². The van der Waals surface area contributed by atoms with E-state index in [1.54, 1.807) is 12.1 Å². The van der Waals surface area contributed by atoms with Crippen LogP contribution in [0.3, 0.4) is 0 Å². The molecule has 0 aliphatic heterocycles. The molecular formula is C11H17N3O3S. The third kappa shape index (κ3) is 3.28. The van der Waals surface area contributed by atoms with Gasteiger partial charge in [0.2, 0.25) is 15.9 Å². The lowest BCUT2D eigenvalue weighted by Crippen LogP contribution is -2.36. The maximum atomic E-state index is 12.1. The van der Waals surface area contributed by atoms with Crippen molar-refractivity contribution >= 4 is 15.9 Å². The van der Waals surface area contributed by atoms with Gasteiger partial charge in [-0.25, -0.2) is 8.42 Å². The van der Waals surface area contributed by atoms with E-state index in [0.717, 1.165) is 9.87 Å². The Morgan fingerprint density at radius 3 is 2.33 bits per heavy atom. The molecule has 0 bridgehead atoms. The Morgan fingerprint density at radius 2 is 1.89 bits per heavy atom. The van der Waals surface area contributed by atoms with E-state index in [4.69, 9.17) is 5.73 Å². The summed E-state index contributed by atoms with van der Waals surface area (Å²) in [5.41, 5.74) is 6.29. The molecule has 6 nitrogen and oxygen atoms in total. The molecule has 0 aliphatic rings. The molecule has 3 N–H and O–H groups in total. The van der Waals surface area contributed by atoms with Gasteiger partial charge in [-0.3, -0.25) is 4.79 Å². The number of carbonyl (C=O) groups is 1. The number of nitrogens with one attached hydrogen (secondary N) is 1. The lowest BCUT2D eigenvalue weighted by atomic mass is 10.2. The molecule has 1 amide bonds. The van der Waals surface area contributed by atoms with Gasteiger partial charge in [0.25, 0.3) is 0 Å². The zero-order chi connectivity index (χ0) is 13.8. The predicted molar refractivity (Wildman–Crippen MR) is 68.2 cm³/mol. The van der Waals surface area contributed by atoms with E-state index in [0.29, 0.717) is 6.54 Å². The fraction of sp³-hybridized carbons (Fsp3) is 0.364. The number of hydrogen-bond acceptors (Lipinski definition) is 4. The van der Waals surface area contributed by atoms with Gasteiger partial charge in [0.15, 0.2) is 0 Å². The van der Waals surface area contributed by atoms with Gasteiger partial charge in [-0.05, 0) is 17.7 Å². The highest BCUT2D eigenvalue weighted by Crippen LogP contribution is 2.14. The van der Waals surface area contributed by atoms with Crippen molar-refractivity contribution in [1.82, 2.24) is 9.62 Å². The third-order valence-electron chi connectivity index (χ3n) is 2.51. The number of carbonyl (C=O) groups excluding carboxylic acids is 1. The van der Waals surface area contributed by atoms with Gasteiger partial charge in [-0.15, -0.1) is 0 Å². The number of sulfonamides is 1. The van der Waals surface area contributed by atoms with Crippen LogP contribution in [0.25, 0.3) is 0 Å². The monoisotopic (exact) mass is 271 g/mol. The molecule has 1 rings (SSSR count). The first-order chi connectivity index (χ1) is 8.41. The molecule has 18 heavy (non-hydrogen) atoms. The fourth-order valence-electron chi connectivity index (χ4n) is 1.34. The summed E-state index contributed by atoms with van der Waals surface area (Å²) in [5, 5.41) is 2.38. The molecule has 0 aromatic heterocycles. The highest BCUT2D eigenvalue weighted by Gasteiger charge is 2.22. The van der Waals surface area contributed by atoms with Crippen LogP contribution in [-0.2, 0) is 21.4 Å². The van der Waals surface area contributed by atoms with Gasteiger partial charge in [-0.1, -0.05) is 12.1 Å². The molecule has 1 aromatic rings. The van der Waals surface area contributed by atoms with E-state index in [1.165, 1.54) is 26.2 Å². The second-order valence-electron chi connectivity index (χ2n) is 3.78. The van der Waals surface area contributed by atoms with Crippen molar-refractivity contribution in [2.24, 2.45) is 5.73 Å². The van der Waals surface area contributed by atoms with Gasteiger partial charge in [0, 0.05) is 20.6 Å². The first-order valence-electron chi connectivity index (χ1n) is 5.37. The largest absolute Gasteiger partial charge is 0.358 e. The van der Waals surface area contributed by atoms with Crippen LogP contribution >= 0.6 is 0 Å². The van der Waals surface area contributed by atoms with E-state index in [9.17, 15) is 13.2 Å². The Kier molecular flexibility index (Phi) is 4.83. The van der Waals surface area contributed by atoms with Crippen molar-refractivity contribution in [3.8, 4) is 0 Å². The van der Waals surface area contributed by atoms with Crippen molar-refractivity contribution in [1.29, 1.82) is 0 Å². The number of likely N-dealkylation sites (N-methyl/N-ethyl adjacent to an activating group) is 2. The molecule has 0 unspecified atom stereocenters. The summed E-state index contributed by atoms with van der Waals surface area (Å²) >= 11 is 0. The Balaban J connectivity index is 2.94. The number of rotatable bonds is 5. The predicted octanol–water partition coefficient (Wildman–Crippen LogP) is -0.488. The molecule has 0 saturated heterocycles. The molecule has 100 valence electrons. The summed E-state index contributed by atoms with van der Waals surface area (Å²) in [5.74, 6) is -0.361. The molecule has 7 heteroatoms. The van der Waals surface area contributed by atoms with Gasteiger partial charge in [0.05, 0.1) is 11.4 Å². The minimum absolute atomic E-state index is 0.145. The summed E-state index contributed by atoms with van der Waals surface area (Å²) in [4.78, 5) is 11.3. The van der Waals surface area contributed by atoms with Crippen LogP contribution in [0.1, 0.15) is 5.56 Å². The van der Waals surface area contributed by atoms with E-state index >= 15 is 0 Å². The molecule has 0 spiro atoms. The van der Waals surface area contributed by atoms with Gasteiger partial charge in [0.1, 0.15) is 0 Å². The smallest absolute Gasteiger partial charge is 0.243 e. The quantitative estimate of drug-likeness (QED) is 0.756. The zero-order valence-electron chi connectivity index (χ0n) is 10.4. The minimum Gasteiger partial charge on any atom is -0.358 e. The third-order valence-corrected chi connectivity index (χ3v) is 4.33. The number of hydrogen-bond donors (Lipinski definition) is 2. The molecule has 0 atom stereocenters. The number of benzene rings is 1. The normalized spacial score (nSPS) is 11.6. The van der Waals surface area contributed by atoms with Gasteiger partial charge >= 0.3 is 0 Å². The highest BCUT2D eigenvalue weighted by atomic mass is 32.2. The topological polar surface area (TPSA) is 92.5 Å². The Morgan fingerprint density at radius 1 is 1.33 bits per heavy atom. The first kappa shape index (κ1) is 14.6. The van der Waals surface area contributed by atoms with Crippen molar-refractivity contribution in [3.05, 3.63) is 29.8 Å². The minimum atomic E-state index is -3.64. The zero-order valence-corrected chi connectivity index (χ0v) is 11.2. The maximum Gasteiger partial charge on any atom is 0.243 e. The molecule has 0 fully saturated rings. The van der Waals surface area contributed by atoms with Crippen LogP contribution < -0.4 is 11.1 Å². The fourth-order valence-corrected chi connectivity index (χ4v) is 2.47. The van der Waals surface area contributed by atoms with Gasteiger partial charge in [-0.2, -0.15) is 4.31 Å². The molecule has 0 heterocycles. The second kappa shape index (κ2) is 5.94. The molecular weight excluding hydrogens is 254 g/mol. The van der Waals surface area contributed by atoms with E-state index in [-0.39, 0.29) is 17.3 Å². The Labute approximate surface area is 107 Å². The van der Waals surface area contributed by atoms with Crippen LogP contribution in [-0.4, -0.2) is 39.3 Å². The van der Waals surface area contributed by atoms with E-state index < -0.39 is 10.0 Å². The van der Waals surface area contributed by atoms with E-state index in [2.05, 4.69) is 5.32 Å². The Bertz CT molecular complexity index is 511. The lowest BCUT2D eigenvalue weighted by Gasteiger charge is -2.16. The summed E-state index contributed by atoms with van der Waals surface area (Å²) in [6.45, 7) is 0.145. The average Bonchev–Trinajstić information content (AvgIpc) is 2.38. The van der Waals surface area contributed by atoms with Crippen molar-refractivity contribution in [2.45, 2.75) is 11.4 Å². The average molecular weight is 271 g/mol. The van der Waals surface area contributed by atoms with Gasteiger partial charge < -0.3 is 11.1 Å². The van der Waals surface area contributed by atoms with Crippen LogP contribution in [0, 0.1) is 0 Å². The molecule has 0 aliphatic carbocycles. The second-order valence-corrected chi connectivity index (χ2v) is 5.83. The van der Waals surface area contributed by atoms with Crippen LogP contribution in [0.2, 0.25) is 0 Å². The number of nitrogens with two attached hydrogens (primary N) is 1. The lowest BCUT2D eigenvalue weighted by molar-refractivity contribution is -0.120. The number of nitrogens with zero attached hydrogens (tertiary/aromatic N) is 1. The first-order valence-corrected chi connectivity index (χ1v) is 6.81. The highest BCUT2D eigenvalue weighted by molar-refractivity contribution is 7.89. The van der Waals surface area contributed by atoms with Crippen molar-refractivity contribution in [2.75, 3.05) is 20.6 Å². The number of amides is 1. The maximum absolute atomic E-state index is 12.1. The summed E-state index contributed by atoms with van der Waals surface area (Å²) in [7, 11) is -0.818. The molecule has 1 aromatic carbocycles. The van der Waals surface area contributed by atoms with Crippen LogP contribution in [0.5, 0.6) is 0 Å². The van der Waals surface area contributed by atoms with Crippen molar-refractivity contribution in [3.63, 3.8) is 0 Å². The standard InChI is InChI=1S/C11H17N3O3S/c1-13-11(15)8-14(2)18(16,17)10-5-3-9(7-12)4-6-10/h3-6H,7-8,12H2,1-2H3,(H,13,15). The van der Waals surface area contributed by atoms with Crippen LogP contribution in [0.15, 0.2) is 29.2 Å². The molecule has 0 saturated carbocycles. The SMILES string of the molecule is CNC(=O)CN(C)S(=O)(=O)c1ccc(CN)cc1. The summed E-state index contributed by atoms with van der Waals surface area (Å²) < 4.78 is 25.2.